The molecule has 0 spiro atoms. The largest absolute Gasteiger partial charge is 0.452 e. The number of nitrogens with one attached hydrogen (secondary N) is 1. The second-order valence-corrected chi connectivity index (χ2v) is 4.99. The van der Waals surface area contributed by atoms with Gasteiger partial charge < -0.3 is 10.1 Å². The fourth-order valence-corrected chi connectivity index (χ4v) is 1.62. The first-order valence-electron chi connectivity index (χ1n) is 5.85. The van der Waals surface area contributed by atoms with Gasteiger partial charge in [0.1, 0.15) is 5.82 Å². The molecule has 6 heteroatoms. The SMILES string of the molecule is CC[C@H](C)NC(=O)COC(=O)c1ccc(Br)cc1F. The van der Waals surface area contributed by atoms with Crippen LogP contribution in [-0.4, -0.2) is 24.5 Å². The predicted octanol–water partition coefficient (Wildman–Crippen LogP) is 2.66. The van der Waals surface area contributed by atoms with Crippen LogP contribution in [0.3, 0.4) is 0 Å². The van der Waals surface area contributed by atoms with Crippen LogP contribution in [-0.2, 0) is 9.53 Å². The van der Waals surface area contributed by atoms with E-state index in [0.29, 0.717) is 4.47 Å². The Morgan fingerprint density at radius 1 is 1.47 bits per heavy atom. The van der Waals surface area contributed by atoms with Gasteiger partial charge in [0.05, 0.1) is 5.56 Å². The summed E-state index contributed by atoms with van der Waals surface area (Å²) in [6.45, 7) is 3.35. The van der Waals surface area contributed by atoms with Crippen LogP contribution in [0.5, 0.6) is 0 Å². The smallest absolute Gasteiger partial charge is 0.341 e. The first-order valence-corrected chi connectivity index (χ1v) is 6.64. The topological polar surface area (TPSA) is 55.4 Å². The average molecular weight is 332 g/mol. The van der Waals surface area contributed by atoms with Crippen LogP contribution in [0.1, 0.15) is 30.6 Å². The molecule has 0 aromatic heterocycles. The lowest BCUT2D eigenvalue weighted by atomic mass is 10.2. The molecule has 104 valence electrons. The van der Waals surface area contributed by atoms with Gasteiger partial charge in [-0.05, 0) is 31.5 Å². The number of hydrogen-bond acceptors (Lipinski definition) is 3. The van der Waals surface area contributed by atoms with E-state index >= 15 is 0 Å². The van der Waals surface area contributed by atoms with Crippen LogP contribution < -0.4 is 5.32 Å². The number of hydrogen-bond donors (Lipinski definition) is 1. The highest BCUT2D eigenvalue weighted by Gasteiger charge is 2.15. The van der Waals surface area contributed by atoms with Crippen molar-refractivity contribution in [3.63, 3.8) is 0 Å². The van der Waals surface area contributed by atoms with Crippen LogP contribution in [0.2, 0.25) is 0 Å². The monoisotopic (exact) mass is 331 g/mol. The minimum Gasteiger partial charge on any atom is -0.452 e. The van der Waals surface area contributed by atoms with Crippen molar-refractivity contribution in [1.29, 1.82) is 0 Å². The summed E-state index contributed by atoms with van der Waals surface area (Å²) in [5.41, 5.74) is -0.195. The number of halogens is 2. The lowest BCUT2D eigenvalue weighted by molar-refractivity contribution is -0.124. The molecule has 1 N–H and O–H groups in total. The van der Waals surface area contributed by atoms with Crippen molar-refractivity contribution < 1.29 is 18.7 Å². The summed E-state index contributed by atoms with van der Waals surface area (Å²) in [5, 5.41) is 2.64. The van der Waals surface area contributed by atoms with Crippen LogP contribution in [0.25, 0.3) is 0 Å². The molecule has 1 rings (SSSR count). The molecule has 0 aliphatic heterocycles. The summed E-state index contributed by atoms with van der Waals surface area (Å²) in [5.74, 6) is -1.95. The molecule has 0 saturated heterocycles. The van der Waals surface area contributed by atoms with Gasteiger partial charge in [0.15, 0.2) is 6.61 Å². The third kappa shape index (κ3) is 4.98. The second-order valence-electron chi connectivity index (χ2n) is 4.08. The maximum absolute atomic E-state index is 13.5. The van der Waals surface area contributed by atoms with Gasteiger partial charge in [0.25, 0.3) is 5.91 Å². The molecular weight excluding hydrogens is 317 g/mol. The Morgan fingerprint density at radius 2 is 2.16 bits per heavy atom. The summed E-state index contributed by atoms with van der Waals surface area (Å²) in [7, 11) is 0. The van der Waals surface area contributed by atoms with E-state index in [1.54, 1.807) is 0 Å². The number of rotatable bonds is 5. The fourth-order valence-electron chi connectivity index (χ4n) is 1.28. The molecule has 0 bridgehead atoms. The molecule has 1 aromatic rings. The Labute approximate surface area is 119 Å². The Balaban J connectivity index is 2.54. The van der Waals surface area contributed by atoms with Gasteiger partial charge >= 0.3 is 5.97 Å². The summed E-state index contributed by atoms with van der Waals surface area (Å²) in [4.78, 5) is 23.0. The number of amides is 1. The van der Waals surface area contributed by atoms with Crippen molar-refractivity contribution in [2.75, 3.05) is 6.61 Å². The molecular formula is C13H15BrFNO3. The van der Waals surface area contributed by atoms with Crippen molar-refractivity contribution >= 4 is 27.8 Å². The van der Waals surface area contributed by atoms with Crippen LogP contribution in [0.4, 0.5) is 4.39 Å². The number of esters is 1. The molecule has 1 atom stereocenters. The molecule has 0 aliphatic rings. The summed E-state index contributed by atoms with van der Waals surface area (Å²) < 4.78 is 18.7. The second kappa shape index (κ2) is 7.23. The van der Waals surface area contributed by atoms with Gasteiger partial charge in [-0.3, -0.25) is 4.79 Å². The number of carbonyl (C=O) groups excluding carboxylic acids is 2. The Bertz CT molecular complexity index is 479. The highest BCUT2D eigenvalue weighted by atomic mass is 79.9. The average Bonchev–Trinajstić information content (AvgIpc) is 2.35. The molecule has 0 heterocycles. The van der Waals surface area contributed by atoms with Crippen LogP contribution in [0.15, 0.2) is 22.7 Å². The number of carbonyl (C=O) groups is 2. The van der Waals surface area contributed by atoms with E-state index < -0.39 is 24.3 Å². The zero-order valence-electron chi connectivity index (χ0n) is 10.7. The van der Waals surface area contributed by atoms with E-state index in [1.165, 1.54) is 12.1 Å². The molecule has 1 aromatic carbocycles. The van der Waals surface area contributed by atoms with E-state index in [9.17, 15) is 14.0 Å². The van der Waals surface area contributed by atoms with Crippen molar-refractivity contribution in [3.05, 3.63) is 34.1 Å². The Hall–Kier alpha value is -1.43. The minimum atomic E-state index is -0.857. The summed E-state index contributed by atoms with van der Waals surface area (Å²) in [6, 6.07) is 4.00. The van der Waals surface area contributed by atoms with Gasteiger partial charge in [-0.25, -0.2) is 9.18 Å². The van der Waals surface area contributed by atoms with Crippen molar-refractivity contribution in [2.24, 2.45) is 0 Å². The Morgan fingerprint density at radius 3 is 2.74 bits per heavy atom. The molecule has 0 saturated carbocycles. The highest BCUT2D eigenvalue weighted by Crippen LogP contribution is 2.15. The first kappa shape index (κ1) is 15.6. The van der Waals surface area contributed by atoms with Crippen molar-refractivity contribution in [2.45, 2.75) is 26.3 Å². The van der Waals surface area contributed by atoms with Crippen LogP contribution in [0, 0.1) is 5.82 Å². The maximum Gasteiger partial charge on any atom is 0.341 e. The van der Waals surface area contributed by atoms with Gasteiger partial charge in [0.2, 0.25) is 0 Å². The fraction of sp³-hybridized carbons (Fsp3) is 0.385. The van der Waals surface area contributed by atoms with E-state index in [0.717, 1.165) is 12.5 Å². The molecule has 0 radical (unpaired) electrons. The van der Waals surface area contributed by atoms with E-state index in [4.69, 9.17) is 4.74 Å². The van der Waals surface area contributed by atoms with Gasteiger partial charge in [-0.15, -0.1) is 0 Å². The van der Waals surface area contributed by atoms with Gasteiger partial charge in [-0.2, -0.15) is 0 Å². The zero-order chi connectivity index (χ0) is 14.4. The number of ether oxygens (including phenoxy) is 1. The van der Waals surface area contributed by atoms with Crippen LogP contribution >= 0.6 is 15.9 Å². The van der Waals surface area contributed by atoms with Crippen molar-refractivity contribution in [1.82, 2.24) is 5.32 Å². The molecule has 19 heavy (non-hydrogen) atoms. The van der Waals surface area contributed by atoms with E-state index in [-0.39, 0.29) is 11.6 Å². The molecule has 4 nitrogen and oxygen atoms in total. The molecule has 0 unspecified atom stereocenters. The zero-order valence-corrected chi connectivity index (χ0v) is 12.3. The standard InChI is InChI=1S/C13H15BrFNO3/c1-3-8(2)16-12(17)7-19-13(18)10-5-4-9(14)6-11(10)15/h4-6,8H,3,7H2,1-2H3,(H,16,17)/t8-/m0/s1. The Kier molecular flexibility index (Phi) is 5.95. The highest BCUT2D eigenvalue weighted by molar-refractivity contribution is 9.10. The van der Waals surface area contributed by atoms with Gasteiger partial charge in [0, 0.05) is 10.5 Å². The quantitative estimate of drug-likeness (QED) is 0.844. The number of benzene rings is 1. The predicted molar refractivity (Wildman–Crippen MR) is 72.3 cm³/mol. The lowest BCUT2D eigenvalue weighted by Crippen LogP contribution is -2.35. The molecule has 1 amide bonds. The first-order chi connectivity index (χ1) is 8.93. The third-order valence-corrected chi connectivity index (χ3v) is 3.00. The van der Waals surface area contributed by atoms with E-state index in [1.807, 2.05) is 13.8 Å². The molecule has 0 aliphatic carbocycles. The third-order valence-electron chi connectivity index (χ3n) is 2.51. The summed E-state index contributed by atoms with van der Waals surface area (Å²) >= 11 is 3.09. The normalized spacial score (nSPS) is 11.8. The minimum absolute atomic E-state index is 0.00983. The summed E-state index contributed by atoms with van der Waals surface area (Å²) in [6.07, 6.45) is 0.779. The molecule has 0 fully saturated rings. The van der Waals surface area contributed by atoms with Gasteiger partial charge in [-0.1, -0.05) is 22.9 Å². The maximum atomic E-state index is 13.5. The van der Waals surface area contributed by atoms with Crippen molar-refractivity contribution in [3.8, 4) is 0 Å². The lowest BCUT2D eigenvalue weighted by Gasteiger charge is -2.11. The van der Waals surface area contributed by atoms with E-state index in [2.05, 4.69) is 21.2 Å².